The molecule has 0 fully saturated rings. The zero-order valence-corrected chi connectivity index (χ0v) is 9.67. The molecule has 0 atom stereocenters. The Hall–Kier alpha value is -1.40. The molecular formula is C12H13NOS. The largest absolute Gasteiger partial charge is 0.497 e. The highest BCUT2D eigenvalue weighted by atomic mass is 32.2. The Morgan fingerprint density at radius 1 is 1.47 bits per heavy atom. The van der Waals surface area contributed by atoms with Crippen molar-refractivity contribution in [2.24, 2.45) is 0 Å². The average molecular weight is 219 g/mol. The number of methoxy groups -OCH3 is 1. The van der Waals surface area contributed by atoms with Gasteiger partial charge < -0.3 is 4.74 Å². The molecule has 0 aliphatic carbocycles. The van der Waals surface area contributed by atoms with Gasteiger partial charge in [0.1, 0.15) is 11.8 Å². The Labute approximate surface area is 94.6 Å². The van der Waals surface area contributed by atoms with Crippen LogP contribution in [0.3, 0.4) is 0 Å². The molecule has 0 aliphatic heterocycles. The minimum absolute atomic E-state index is 0.739. The number of ether oxygens (including phenoxy) is 1. The minimum atomic E-state index is 0.739. The van der Waals surface area contributed by atoms with Crippen molar-refractivity contribution in [3.8, 4) is 11.8 Å². The molecule has 0 saturated heterocycles. The van der Waals surface area contributed by atoms with E-state index >= 15 is 0 Å². The lowest BCUT2D eigenvalue weighted by Gasteiger charge is -2.00. The normalized spacial score (nSPS) is 10.9. The molecule has 0 aromatic heterocycles. The first-order valence-electron chi connectivity index (χ1n) is 4.68. The van der Waals surface area contributed by atoms with E-state index in [4.69, 9.17) is 10.00 Å². The average Bonchev–Trinajstić information content (AvgIpc) is 2.29. The molecule has 2 nitrogen and oxygen atoms in total. The van der Waals surface area contributed by atoms with Crippen molar-refractivity contribution >= 4 is 17.8 Å². The summed E-state index contributed by atoms with van der Waals surface area (Å²) >= 11 is 1.55. The standard InChI is InChI=1S/C12H13NOS/c1-3-15-12(9-13)8-10-4-6-11(14-2)7-5-10/h4-8H,3H2,1-2H3/b12-8+. The van der Waals surface area contributed by atoms with Gasteiger partial charge in [-0.25, -0.2) is 0 Å². The maximum atomic E-state index is 8.86. The Morgan fingerprint density at radius 3 is 2.60 bits per heavy atom. The van der Waals surface area contributed by atoms with Crippen molar-refractivity contribution in [3.63, 3.8) is 0 Å². The first-order valence-corrected chi connectivity index (χ1v) is 5.67. The van der Waals surface area contributed by atoms with Gasteiger partial charge in [-0.05, 0) is 29.5 Å². The second-order valence-corrected chi connectivity index (χ2v) is 4.13. The molecule has 0 amide bonds. The van der Waals surface area contributed by atoms with Crippen molar-refractivity contribution in [1.82, 2.24) is 0 Å². The summed E-state index contributed by atoms with van der Waals surface area (Å²) in [5.74, 6) is 1.74. The predicted octanol–water partition coefficient (Wildman–Crippen LogP) is 3.31. The lowest BCUT2D eigenvalue weighted by Crippen LogP contribution is -1.82. The molecule has 0 N–H and O–H groups in total. The van der Waals surface area contributed by atoms with Crippen LogP contribution in [0.4, 0.5) is 0 Å². The SMILES string of the molecule is CCS/C(C#N)=C/c1ccc(OC)cc1. The third kappa shape index (κ3) is 3.69. The molecule has 0 radical (unpaired) electrons. The molecule has 0 saturated carbocycles. The molecule has 0 unspecified atom stereocenters. The summed E-state index contributed by atoms with van der Waals surface area (Å²) in [7, 11) is 1.64. The van der Waals surface area contributed by atoms with Gasteiger partial charge in [0, 0.05) is 0 Å². The lowest BCUT2D eigenvalue weighted by atomic mass is 10.2. The molecule has 3 heteroatoms. The maximum absolute atomic E-state index is 8.86. The van der Waals surface area contributed by atoms with Gasteiger partial charge in [-0.2, -0.15) is 5.26 Å². The van der Waals surface area contributed by atoms with E-state index in [0.717, 1.165) is 22.0 Å². The molecule has 0 heterocycles. The van der Waals surface area contributed by atoms with Crippen LogP contribution in [0.2, 0.25) is 0 Å². The minimum Gasteiger partial charge on any atom is -0.497 e. The fraction of sp³-hybridized carbons (Fsp3) is 0.250. The second-order valence-electron chi connectivity index (χ2n) is 2.83. The van der Waals surface area contributed by atoms with Crippen LogP contribution in [-0.2, 0) is 0 Å². The summed E-state index contributed by atoms with van der Waals surface area (Å²) in [5.41, 5.74) is 1.02. The molecular weight excluding hydrogens is 206 g/mol. The van der Waals surface area contributed by atoms with Crippen LogP contribution in [-0.4, -0.2) is 12.9 Å². The van der Waals surface area contributed by atoms with Gasteiger partial charge in [0.2, 0.25) is 0 Å². The monoisotopic (exact) mass is 219 g/mol. The predicted molar refractivity (Wildman–Crippen MR) is 64.7 cm³/mol. The fourth-order valence-corrected chi connectivity index (χ4v) is 1.71. The topological polar surface area (TPSA) is 33.0 Å². The molecule has 0 spiro atoms. The Balaban J connectivity index is 2.83. The summed E-state index contributed by atoms with van der Waals surface area (Å²) in [6, 6.07) is 9.82. The van der Waals surface area contributed by atoms with Gasteiger partial charge in [-0.1, -0.05) is 19.1 Å². The third-order valence-corrected chi connectivity index (χ3v) is 2.63. The summed E-state index contributed by atoms with van der Waals surface area (Å²) in [5, 5.41) is 8.86. The zero-order valence-electron chi connectivity index (χ0n) is 8.86. The smallest absolute Gasteiger partial charge is 0.118 e. The van der Waals surface area contributed by atoms with Gasteiger partial charge in [0.15, 0.2) is 0 Å². The quantitative estimate of drug-likeness (QED) is 0.728. The van der Waals surface area contributed by atoms with Gasteiger partial charge >= 0.3 is 0 Å². The second kappa shape index (κ2) is 6.15. The van der Waals surface area contributed by atoms with E-state index in [1.165, 1.54) is 0 Å². The van der Waals surface area contributed by atoms with Crippen molar-refractivity contribution in [2.75, 3.05) is 12.9 Å². The summed E-state index contributed by atoms with van der Waals surface area (Å²) < 4.78 is 5.06. The highest BCUT2D eigenvalue weighted by Gasteiger charge is 1.96. The van der Waals surface area contributed by atoms with Gasteiger partial charge in [-0.15, -0.1) is 11.8 Å². The fourth-order valence-electron chi connectivity index (χ4n) is 1.11. The van der Waals surface area contributed by atoms with Crippen LogP contribution >= 0.6 is 11.8 Å². The van der Waals surface area contributed by atoms with E-state index in [9.17, 15) is 0 Å². The first kappa shape index (κ1) is 11.7. The van der Waals surface area contributed by atoms with Crippen molar-refractivity contribution in [3.05, 3.63) is 34.7 Å². The number of hydrogen-bond donors (Lipinski definition) is 0. The van der Waals surface area contributed by atoms with Crippen LogP contribution in [0.25, 0.3) is 6.08 Å². The van der Waals surface area contributed by atoms with Crippen LogP contribution in [0.5, 0.6) is 5.75 Å². The molecule has 0 bridgehead atoms. The van der Waals surface area contributed by atoms with E-state index < -0.39 is 0 Å². The number of rotatable bonds is 4. The number of thioether (sulfide) groups is 1. The summed E-state index contributed by atoms with van der Waals surface area (Å²) in [6.45, 7) is 2.03. The Morgan fingerprint density at radius 2 is 2.13 bits per heavy atom. The third-order valence-electron chi connectivity index (χ3n) is 1.82. The Bertz CT molecular complexity index is 376. The van der Waals surface area contributed by atoms with Crippen molar-refractivity contribution in [2.45, 2.75) is 6.92 Å². The lowest BCUT2D eigenvalue weighted by molar-refractivity contribution is 0.415. The highest BCUT2D eigenvalue weighted by Crippen LogP contribution is 2.19. The number of allylic oxidation sites excluding steroid dienone is 1. The van der Waals surface area contributed by atoms with Crippen molar-refractivity contribution < 1.29 is 4.74 Å². The first-order chi connectivity index (χ1) is 7.30. The molecule has 0 aliphatic rings. The van der Waals surface area contributed by atoms with E-state index in [1.807, 2.05) is 37.3 Å². The van der Waals surface area contributed by atoms with E-state index in [1.54, 1.807) is 18.9 Å². The molecule has 78 valence electrons. The van der Waals surface area contributed by atoms with Crippen LogP contribution in [0, 0.1) is 11.3 Å². The van der Waals surface area contributed by atoms with Gasteiger partial charge in [-0.3, -0.25) is 0 Å². The van der Waals surface area contributed by atoms with Crippen LogP contribution < -0.4 is 4.74 Å². The van der Waals surface area contributed by atoms with Gasteiger partial charge in [0.05, 0.1) is 12.0 Å². The number of nitrogens with zero attached hydrogens (tertiary/aromatic N) is 1. The van der Waals surface area contributed by atoms with E-state index in [-0.39, 0.29) is 0 Å². The molecule has 1 aromatic carbocycles. The molecule has 1 aromatic rings. The highest BCUT2D eigenvalue weighted by molar-refractivity contribution is 8.03. The zero-order chi connectivity index (χ0) is 11.1. The van der Waals surface area contributed by atoms with Crippen LogP contribution in [0.15, 0.2) is 29.2 Å². The Kier molecular flexibility index (Phi) is 4.79. The number of hydrogen-bond acceptors (Lipinski definition) is 3. The molecule has 15 heavy (non-hydrogen) atoms. The molecule has 1 rings (SSSR count). The van der Waals surface area contributed by atoms with Gasteiger partial charge in [0.25, 0.3) is 0 Å². The van der Waals surface area contributed by atoms with E-state index in [2.05, 4.69) is 6.07 Å². The van der Waals surface area contributed by atoms with Crippen molar-refractivity contribution in [1.29, 1.82) is 5.26 Å². The summed E-state index contributed by atoms with van der Waals surface area (Å²) in [4.78, 5) is 0.739. The maximum Gasteiger partial charge on any atom is 0.118 e. The van der Waals surface area contributed by atoms with E-state index in [0.29, 0.717) is 0 Å². The number of nitriles is 1. The summed E-state index contributed by atoms with van der Waals surface area (Å²) in [6.07, 6.45) is 1.88. The van der Waals surface area contributed by atoms with Crippen LogP contribution in [0.1, 0.15) is 12.5 Å². The number of benzene rings is 1.